The fourth-order valence-electron chi connectivity index (χ4n) is 3.09. The Morgan fingerprint density at radius 2 is 1.94 bits per heavy atom. The smallest absolute Gasteiger partial charge is 0.230 e. The first-order valence-electron chi connectivity index (χ1n) is 6.21. The minimum absolute atomic E-state index is 0.299. The van der Waals surface area contributed by atoms with Gasteiger partial charge in [0.05, 0.1) is 0 Å². The van der Waals surface area contributed by atoms with Crippen LogP contribution >= 0.6 is 0 Å². The number of anilines is 1. The van der Waals surface area contributed by atoms with E-state index in [1.165, 1.54) is 12.8 Å². The molecule has 2 unspecified atom stereocenters. The molecule has 2 nitrogen and oxygen atoms in total. The van der Waals surface area contributed by atoms with E-state index in [9.17, 15) is 4.79 Å². The van der Waals surface area contributed by atoms with Gasteiger partial charge in [0.15, 0.2) is 0 Å². The summed E-state index contributed by atoms with van der Waals surface area (Å²) in [7, 11) is 0. The molecule has 2 bridgehead atoms. The van der Waals surface area contributed by atoms with Gasteiger partial charge in [-0.05, 0) is 37.3 Å². The van der Waals surface area contributed by atoms with Crippen LogP contribution < -0.4 is 4.90 Å². The monoisotopic (exact) mass is 215 g/mol. The fourth-order valence-corrected chi connectivity index (χ4v) is 3.09. The standard InChI is InChI=1S/C14H17NO/c16-14-12-6-4-5-11(9-12)10-15(14)13-7-2-1-3-8-13/h1-3,7-8,11-12H,4-6,9-10H2. The molecule has 2 atom stereocenters. The van der Waals surface area contributed by atoms with Crippen molar-refractivity contribution in [3.8, 4) is 0 Å². The van der Waals surface area contributed by atoms with Crippen LogP contribution in [0.3, 0.4) is 0 Å². The van der Waals surface area contributed by atoms with Gasteiger partial charge in [-0.15, -0.1) is 0 Å². The second-order valence-electron chi connectivity index (χ2n) is 5.01. The number of rotatable bonds is 1. The Balaban J connectivity index is 1.88. The van der Waals surface area contributed by atoms with Gasteiger partial charge in [-0.3, -0.25) is 4.79 Å². The third-order valence-electron chi connectivity index (χ3n) is 3.91. The lowest BCUT2D eigenvalue weighted by molar-refractivity contribution is -0.125. The molecule has 0 N–H and O–H groups in total. The Hall–Kier alpha value is -1.31. The van der Waals surface area contributed by atoms with Gasteiger partial charge >= 0.3 is 0 Å². The molecule has 1 saturated carbocycles. The highest BCUT2D eigenvalue weighted by Crippen LogP contribution is 2.36. The van der Waals surface area contributed by atoms with E-state index < -0.39 is 0 Å². The molecule has 1 heterocycles. The van der Waals surface area contributed by atoms with Gasteiger partial charge < -0.3 is 4.90 Å². The molecule has 1 aromatic rings. The average Bonchev–Trinajstić information content (AvgIpc) is 2.35. The number of nitrogens with zero attached hydrogens (tertiary/aromatic N) is 1. The highest BCUT2D eigenvalue weighted by Gasteiger charge is 2.37. The Morgan fingerprint density at radius 1 is 1.12 bits per heavy atom. The molecular formula is C14H17NO. The van der Waals surface area contributed by atoms with Gasteiger partial charge in [-0.1, -0.05) is 24.6 Å². The number of carbonyl (C=O) groups excluding carboxylic acids is 1. The first-order valence-corrected chi connectivity index (χ1v) is 6.21. The van der Waals surface area contributed by atoms with Gasteiger partial charge in [0, 0.05) is 18.2 Å². The zero-order valence-corrected chi connectivity index (χ0v) is 9.43. The molecule has 16 heavy (non-hydrogen) atoms. The second kappa shape index (κ2) is 3.93. The third kappa shape index (κ3) is 1.62. The van der Waals surface area contributed by atoms with E-state index in [2.05, 4.69) is 0 Å². The maximum atomic E-state index is 12.3. The van der Waals surface area contributed by atoms with Crippen LogP contribution in [0.4, 0.5) is 5.69 Å². The van der Waals surface area contributed by atoms with Crippen LogP contribution in [0.2, 0.25) is 0 Å². The van der Waals surface area contributed by atoms with Crippen molar-refractivity contribution in [2.45, 2.75) is 25.7 Å². The molecule has 1 aliphatic carbocycles. The number of hydrogen-bond donors (Lipinski definition) is 0. The Morgan fingerprint density at radius 3 is 2.75 bits per heavy atom. The van der Waals surface area contributed by atoms with Gasteiger partial charge in [-0.25, -0.2) is 0 Å². The van der Waals surface area contributed by atoms with Gasteiger partial charge in [-0.2, -0.15) is 0 Å². The topological polar surface area (TPSA) is 20.3 Å². The molecule has 1 saturated heterocycles. The normalized spacial score (nSPS) is 29.2. The maximum Gasteiger partial charge on any atom is 0.230 e. The van der Waals surface area contributed by atoms with Crippen molar-refractivity contribution in [2.75, 3.05) is 11.4 Å². The Bertz CT molecular complexity index is 387. The number of hydrogen-bond acceptors (Lipinski definition) is 1. The van der Waals surface area contributed by atoms with Crippen molar-refractivity contribution in [1.29, 1.82) is 0 Å². The minimum Gasteiger partial charge on any atom is -0.312 e. The number of fused-ring (bicyclic) bond motifs is 2. The zero-order chi connectivity index (χ0) is 11.0. The number of carbonyl (C=O) groups is 1. The number of amides is 1. The van der Waals surface area contributed by atoms with E-state index in [1.54, 1.807) is 0 Å². The Labute approximate surface area is 96.3 Å². The average molecular weight is 215 g/mol. The fraction of sp³-hybridized carbons (Fsp3) is 0.500. The lowest BCUT2D eigenvalue weighted by atomic mass is 9.77. The number of para-hydroxylation sites is 1. The molecular weight excluding hydrogens is 198 g/mol. The van der Waals surface area contributed by atoms with Crippen LogP contribution in [0.1, 0.15) is 25.7 Å². The summed E-state index contributed by atoms with van der Waals surface area (Å²) in [6.45, 7) is 0.930. The molecule has 1 aromatic carbocycles. The van der Waals surface area contributed by atoms with Gasteiger partial charge in [0.25, 0.3) is 0 Å². The molecule has 1 aliphatic heterocycles. The summed E-state index contributed by atoms with van der Waals surface area (Å²) in [5.41, 5.74) is 1.07. The summed E-state index contributed by atoms with van der Waals surface area (Å²) in [5, 5.41) is 0. The van der Waals surface area contributed by atoms with Crippen molar-refractivity contribution in [3.05, 3.63) is 30.3 Å². The van der Waals surface area contributed by atoms with Crippen molar-refractivity contribution in [3.63, 3.8) is 0 Å². The molecule has 0 radical (unpaired) electrons. The quantitative estimate of drug-likeness (QED) is 0.705. The predicted molar refractivity (Wildman–Crippen MR) is 64.2 cm³/mol. The summed E-state index contributed by atoms with van der Waals surface area (Å²) in [5.74, 6) is 1.38. The molecule has 0 aromatic heterocycles. The summed E-state index contributed by atoms with van der Waals surface area (Å²) < 4.78 is 0. The largest absolute Gasteiger partial charge is 0.312 e. The summed E-state index contributed by atoms with van der Waals surface area (Å²) in [4.78, 5) is 14.3. The van der Waals surface area contributed by atoms with Gasteiger partial charge in [0.1, 0.15) is 0 Å². The molecule has 3 rings (SSSR count). The highest BCUT2D eigenvalue weighted by atomic mass is 16.2. The highest BCUT2D eigenvalue weighted by molar-refractivity contribution is 5.95. The summed E-state index contributed by atoms with van der Waals surface area (Å²) in [6.07, 6.45) is 4.76. The van der Waals surface area contributed by atoms with E-state index in [4.69, 9.17) is 0 Å². The van der Waals surface area contributed by atoms with Crippen LogP contribution in [0.25, 0.3) is 0 Å². The van der Waals surface area contributed by atoms with E-state index in [0.29, 0.717) is 11.8 Å². The van der Waals surface area contributed by atoms with E-state index in [-0.39, 0.29) is 0 Å². The van der Waals surface area contributed by atoms with Crippen LogP contribution in [-0.4, -0.2) is 12.5 Å². The third-order valence-corrected chi connectivity index (χ3v) is 3.91. The Kier molecular flexibility index (Phi) is 2.43. The summed E-state index contributed by atoms with van der Waals surface area (Å²) >= 11 is 0. The molecule has 1 amide bonds. The zero-order valence-electron chi connectivity index (χ0n) is 9.43. The first kappa shape index (κ1) is 9.88. The molecule has 84 valence electrons. The molecule has 2 heteroatoms. The van der Waals surface area contributed by atoms with Crippen LogP contribution in [0, 0.1) is 11.8 Å². The maximum absolute atomic E-state index is 12.3. The van der Waals surface area contributed by atoms with Crippen LogP contribution in [0.5, 0.6) is 0 Å². The van der Waals surface area contributed by atoms with Crippen molar-refractivity contribution in [2.24, 2.45) is 11.8 Å². The predicted octanol–water partition coefficient (Wildman–Crippen LogP) is 2.84. The number of piperidine rings is 1. The van der Waals surface area contributed by atoms with E-state index >= 15 is 0 Å². The van der Waals surface area contributed by atoms with Crippen molar-refractivity contribution < 1.29 is 4.79 Å². The van der Waals surface area contributed by atoms with Crippen LogP contribution in [-0.2, 0) is 4.79 Å². The summed E-state index contributed by atoms with van der Waals surface area (Å²) in [6, 6.07) is 10.1. The minimum atomic E-state index is 0.299. The van der Waals surface area contributed by atoms with E-state index in [0.717, 1.165) is 31.0 Å². The molecule has 2 fully saturated rings. The molecule has 2 aliphatic rings. The molecule has 0 spiro atoms. The number of benzene rings is 1. The van der Waals surface area contributed by atoms with Crippen molar-refractivity contribution >= 4 is 11.6 Å². The lowest BCUT2D eigenvalue weighted by Gasteiger charge is -2.40. The van der Waals surface area contributed by atoms with Crippen molar-refractivity contribution in [1.82, 2.24) is 0 Å². The van der Waals surface area contributed by atoms with Crippen LogP contribution in [0.15, 0.2) is 30.3 Å². The lowest BCUT2D eigenvalue weighted by Crippen LogP contribution is -2.47. The van der Waals surface area contributed by atoms with Gasteiger partial charge in [0.2, 0.25) is 5.91 Å². The first-order chi connectivity index (χ1) is 7.84. The van der Waals surface area contributed by atoms with E-state index in [1.807, 2.05) is 35.2 Å². The SMILES string of the molecule is O=C1C2CCCC(C2)CN1c1ccccc1. The second-order valence-corrected chi connectivity index (χ2v) is 5.01.